The molecular weight excluding hydrogens is 244 g/mol. The van der Waals surface area contributed by atoms with E-state index in [0.29, 0.717) is 18.3 Å². The fraction of sp³-hybridized carbons (Fsp3) is 0.538. The smallest absolute Gasteiger partial charge is 0.188 e. The highest BCUT2D eigenvalue weighted by atomic mass is 16.4. The van der Waals surface area contributed by atoms with E-state index in [4.69, 9.17) is 10.9 Å². The minimum Gasteiger partial charge on any atom is -0.409 e. The van der Waals surface area contributed by atoms with E-state index in [-0.39, 0.29) is 12.4 Å². The SMILES string of the molecule is CCC(CC)N(CCO)c1ccnc(C(N)=NO)c1. The van der Waals surface area contributed by atoms with Gasteiger partial charge in [-0.3, -0.25) is 4.98 Å². The van der Waals surface area contributed by atoms with Gasteiger partial charge in [-0.1, -0.05) is 19.0 Å². The van der Waals surface area contributed by atoms with Gasteiger partial charge in [0.25, 0.3) is 0 Å². The molecular formula is C13H22N4O2. The highest BCUT2D eigenvalue weighted by Crippen LogP contribution is 2.20. The summed E-state index contributed by atoms with van der Waals surface area (Å²) >= 11 is 0. The summed E-state index contributed by atoms with van der Waals surface area (Å²) in [7, 11) is 0. The van der Waals surface area contributed by atoms with E-state index >= 15 is 0 Å². The van der Waals surface area contributed by atoms with Gasteiger partial charge in [-0.05, 0) is 25.0 Å². The number of nitrogens with two attached hydrogens (primary N) is 1. The van der Waals surface area contributed by atoms with Crippen molar-refractivity contribution in [2.45, 2.75) is 32.7 Å². The lowest BCUT2D eigenvalue weighted by Crippen LogP contribution is -2.37. The molecule has 6 heteroatoms. The van der Waals surface area contributed by atoms with Crippen LogP contribution in [0.5, 0.6) is 0 Å². The number of oxime groups is 1. The van der Waals surface area contributed by atoms with E-state index < -0.39 is 0 Å². The lowest BCUT2D eigenvalue weighted by molar-refractivity contribution is 0.296. The van der Waals surface area contributed by atoms with Gasteiger partial charge >= 0.3 is 0 Å². The minimum absolute atomic E-state index is 0.0182. The Morgan fingerprint density at radius 1 is 1.47 bits per heavy atom. The molecule has 0 radical (unpaired) electrons. The third-order valence-corrected chi connectivity index (χ3v) is 3.17. The number of aromatic nitrogens is 1. The normalized spacial score (nSPS) is 11.9. The van der Waals surface area contributed by atoms with Crippen molar-refractivity contribution in [1.29, 1.82) is 0 Å². The van der Waals surface area contributed by atoms with Crippen molar-refractivity contribution >= 4 is 11.5 Å². The summed E-state index contributed by atoms with van der Waals surface area (Å²) in [5, 5.41) is 20.9. The van der Waals surface area contributed by atoms with Gasteiger partial charge in [0, 0.05) is 24.5 Å². The molecule has 0 spiro atoms. The lowest BCUT2D eigenvalue weighted by Gasteiger charge is -2.32. The van der Waals surface area contributed by atoms with Crippen LogP contribution in [0.2, 0.25) is 0 Å². The van der Waals surface area contributed by atoms with E-state index in [1.807, 2.05) is 6.07 Å². The maximum absolute atomic E-state index is 9.22. The summed E-state index contributed by atoms with van der Waals surface area (Å²) in [6.07, 6.45) is 3.59. The van der Waals surface area contributed by atoms with Gasteiger partial charge < -0.3 is 20.9 Å². The molecule has 0 saturated heterocycles. The number of nitrogens with zero attached hydrogens (tertiary/aromatic N) is 3. The van der Waals surface area contributed by atoms with Crippen molar-refractivity contribution < 1.29 is 10.3 Å². The van der Waals surface area contributed by atoms with Gasteiger partial charge in [0.2, 0.25) is 0 Å². The Hall–Kier alpha value is -1.82. The van der Waals surface area contributed by atoms with Crippen LogP contribution in [0.25, 0.3) is 0 Å². The molecule has 6 nitrogen and oxygen atoms in total. The first-order chi connectivity index (χ1) is 9.17. The third-order valence-electron chi connectivity index (χ3n) is 3.17. The molecule has 0 saturated carbocycles. The summed E-state index contributed by atoms with van der Waals surface area (Å²) in [6.45, 7) is 4.86. The topological polar surface area (TPSA) is 95.0 Å². The second-order valence-corrected chi connectivity index (χ2v) is 4.27. The van der Waals surface area contributed by atoms with Crippen molar-refractivity contribution in [2.24, 2.45) is 10.9 Å². The molecule has 1 rings (SSSR count). The van der Waals surface area contributed by atoms with Crippen LogP contribution in [0.4, 0.5) is 5.69 Å². The second kappa shape index (κ2) is 7.58. The molecule has 0 amide bonds. The van der Waals surface area contributed by atoms with Gasteiger partial charge in [0.1, 0.15) is 5.69 Å². The number of aliphatic hydroxyl groups is 1. The van der Waals surface area contributed by atoms with Crippen molar-refractivity contribution in [3.8, 4) is 0 Å². The first-order valence-corrected chi connectivity index (χ1v) is 6.49. The molecule has 0 atom stereocenters. The summed E-state index contributed by atoms with van der Waals surface area (Å²) < 4.78 is 0. The van der Waals surface area contributed by atoms with E-state index in [9.17, 15) is 5.11 Å². The van der Waals surface area contributed by atoms with Gasteiger partial charge in [0.15, 0.2) is 5.84 Å². The molecule has 0 unspecified atom stereocenters. The zero-order chi connectivity index (χ0) is 14.3. The Morgan fingerprint density at radius 2 is 2.16 bits per heavy atom. The Bertz CT molecular complexity index is 419. The van der Waals surface area contributed by atoms with Crippen molar-refractivity contribution in [1.82, 2.24) is 4.98 Å². The van der Waals surface area contributed by atoms with Crippen molar-refractivity contribution in [2.75, 3.05) is 18.1 Å². The molecule has 1 heterocycles. The fourth-order valence-electron chi connectivity index (χ4n) is 2.15. The maximum Gasteiger partial charge on any atom is 0.188 e. The molecule has 0 aliphatic heterocycles. The van der Waals surface area contributed by atoms with Crippen LogP contribution in [0.1, 0.15) is 32.4 Å². The van der Waals surface area contributed by atoms with Crippen LogP contribution in [0.3, 0.4) is 0 Å². The number of hydrogen-bond acceptors (Lipinski definition) is 5. The highest BCUT2D eigenvalue weighted by Gasteiger charge is 2.16. The predicted molar refractivity (Wildman–Crippen MR) is 75.5 cm³/mol. The molecule has 0 bridgehead atoms. The molecule has 106 valence electrons. The molecule has 1 aromatic heterocycles. The quantitative estimate of drug-likeness (QED) is 0.298. The molecule has 19 heavy (non-hydrogen) atoms. The van der Waals surface area contributed by atoms with E-state index in [2.05, 4.69) is 28.9 Å². The van der Waals surface area contributed by atoms with Crippen molar-refractivity contribution in [3.05, 3.63) is 24.0 Å². The minimum atomic E-state index is -0.0182. The summed E-state index contributed by atoms with van der Waals surface area (Å²) in [4.78, 5) is 6.18. The number of aliphatic hydroxyl groups excluding tert-OH is 1. The van der Waals surface area contributed by atoms with Gasteiger partial charge in [-0.15, -0.1) is 0 Å². The van der Waals surface area contributed by atoms with Gasteiger partial charge in [-0.25, -0.2) is 0 Å². The molecule has 0 aliphatic rings. The molecule has 4 N–H and O–H groups in total. The number of amidine groups is 1. The first-order valence-electron chi connectivity index (χ1n) is 6.49. The zero-order valence-electron chi connectivity index (χ0n) is 11.5. The summed E-state index contributed by atoms with van der Waals surface area (Å²) in [6, 6.07) is 3.97. The molecule has 1 aromatic rings. The molecule has 0 fully saturated rings. The van der Waals surface area contributed by atoms with E-state index in [0.717, 1.165) is 18.5 Å². The Kier molecular flexibility index (Phi) is 6.08. The van der Waals surface area contributed by atoms with E-state index in [1.54, 1.807) is 12.3 Å². The van der Waals surface area contributed by atoms with Crippen LogP contribution in [-0.4, -0.2) is 40.3 Å². The standard InChI is InChI=1S/C13H22N4O2/c1-3-10(4-2)17(7-8-18)11-5-6-15-12(9-11)13(14)16-19/h5-6,9-10,18-19H,3-4,7-8H2,1-2H3,(H2,14,16). The predicted octanol–water partition coefficient (Wildman–Crippen LogP) is 1.16. The van der Waals surface area contributed by atoms with Crippen LogP contribution in [0, 0.1) is 0 Å². The first kappa shape index (κ1) is 15.2. The zero-order valence-corrected chi connectivity index (χ0v) is 11.5. The van der Waals surface area contributed by atoms with Gasteiger partial charge in [-0.2, -0.15) is 0 Å². The number of anilines is 1. The summed E-state index contributed by atoms with van der Waals surface area (Å²) in [5.74, 6) is -0.0182. The van der Waals surface area contributed by atoms with Gasteiger partial charge in [0.05, 0.1) is 6.61 Å². The molecule has 0 aliphatic carbocycles. The average molecular weight is 266 g/mol. The van der Waals surface area contributed by atoms with Crippen LogP contribution in [-0.2, 0) is 0 Å². The lowest BCUT2D eigenvalue weighted by atomic mass is 10.1. The van der Waals surface area contributed by atoms with Crippen LogP contribution in [0.15, 0.2) is 23.5 Å². The maximum atomic E-state index is 9.22. The average Bonchev–Trinajstić information content (AvgIpc) is 2.46. The Labute approximate surface area is 113 Å². The second-order valence-electron chi connectivity index (χ2n) is 4.27. The van der Waals surface area contributed by atoms with Crippen LogP contribution < -0.4 is 10.6 Å². The highest BCUT2D eigenvalue weighted by molar-refractivity contribution is 5.95. The fourth-order valence-corrected chi connectivity index (χ4v) is 2.15. The molecule has 0 aromatic carbocycles. The Balaban J connectivity index is 3.08. The number of rotatable bonds is 7. The van der Waals surface area contributed by atoms with E-state index in [1.165, 1.54) is 0 Å². The van der Waals surface area contributed by atoms with Crippen molar-refractivity contribution in [3.63, 3.8) is 0 Å². The largest absolute Gasteiger partial charge is 0.409 e. The number of pyridine rings is 1. The third kappa shape index (κ3) is 3.82. The summed E-state index contributed by atoms with van der Waals surface area (Å²) in [5.41, 5.74) is 6.89. The van der Waals surface area contributed by atoms with Crippen LogP contribution >= 0.6 is 0 Å². The monoisotopic (exact) mass is 266 g/mol. The Morgan fingerprint density at radius 3 is 2.68 bits per heavy atom. The number of hydrogen-bond donors (Lipinski definition) is 3.